The predicted molar refractivity (Wildman–Crippen MR) is 195 cm³/mol. The van der Waals surface area contributed by atoms with E-state index in [9.17, 15) is 19.2 Å². The Labute approximate surface area is 302 Å². The van der Waals surface area contributed by atoms with Crippen molar-refractivity contribution in [3.8, 4) is 34.4 Å². The highest BCUT2D eigenvalue weighted by atomic mass is 35.5. The second kappa shape index (κ2) is 11.1. The van der Waals surface area contributed by atoms with Crippen LogP contribution in [-0.4, -0.2) is 30.1 Å². The summed E-state index contributed by atoms with van der Waals surface area (Å²) >= 11 is 13.9. The van der Waals surface area contributed by atoms with E-state index in [-0.39, 0.29) is 43.8 Å². The number of carbonyl (C=O) groups excluding carboxylic acids is 2. The largest absolute Gasteiger partial charge is 0.451 e. The van der Waals surface area contributed by atoms with Crippen LogP contribution in [0.1, 0.15) is 34.6 Å². The molecule has 0 saturated carbocycles. The van der Waals surface area contributed by atoms with Gasteiger partial charge in [-0.25, -0.2) is 28.7 Å². The van der Waals surface area contributed by atoms with Gasteiger partial charge in [-0.2, -0.15) is 0 Å². The van der Waals surface area contributed by atoms with Crippen LogP contribution >= 0.6 is 23.2 Å². The molecule has 0 saturated heterocycles. The molecule has 0 bridgehead atoms. The standard InChI is InChI=1S/C38H24Cl2N6O6/c1-17-5-9-21(10-6-17)45-27-15-29-23(13-25(27)43(19(3)47)37(45)49)41-33-32(40)36-34(31(39)35(33)51-29)42-24-14-26-28(16-30(24)52-36)46(38(50)44(26)20(4)48)22-11-7-18(2)8-12-22/h5-16H,1-4H3. The molecule has 2 aliphatic rings. The van der Waals surface area contributed by atoms with E-state index in [0.717, 1.165) is 20.3 Å². The van der Waals surface area contributed by atoms with E-state index < -0.39 is 23.2 Å². The van der Waals surface area contributed by atoms with Crippen LogP contribution in [0.3, 0.4) is 0 Å². The number of imidazole rings is 2. The first kappa shape index (κ1) is 31.7. The summed E-state index contributed by atoms with van der Waals surface area (Å²) < 4.78 is 17.7. The van der Waals surface area contributed by atoms with Gasteiger partial charge in [-0.15, -0.1) is 0 Å². The van der Waals surface area contributed by atoms with Gasteiger partial charge >= 0.3 is 11.4 Å². The Morgan fingerprint density at radius 1 is 0.577 bits per heavy atom. The number of halogens is 2. The van der Waals surface area contributed by atoms with Crippen molar-refractivity contribution in [2.24, 2.45) is 9.98 Å². The first-order valence-corrected chi connectivity index (χ1v) is 16.8. The van der Waals surface area contributed by atoms with Crippen molar-refractivity contribution in [3.63, 3.8) is 0 Å². The Kier molecular flexibility index (Phi) is 6.79. The maximum absolute atomic E-state index is 13.6. The maximum atomic E-state index is 13.6. The minimum absolute atomic E-state index is 0.0491. The molecule has 7 aromatic rings. The summed E-state index contributed by atoms with van der Waals surface area (Å²) in [4.78, 5) is 62.3. The van der Waals surface area contributed by atoms with Crippen LogP contribution in [-0.2, 0) is 0 Å². The molecule has 52 heavy (non-hydrogen) atoms. The second-order valence-corrected chi connectivity index (χ2v) is 13.4. The molecule has 14 heteroatoms. The quantitative estimate of drug-likeness (QED) is 0.184. The molecular formula is C38H24Cl2N6O6. The van der Waals surface area contributed by atoms with Crippen LogP contribution in [0.15, 0.2) is 92.4 Å². The lowest BCUT2D eigenvalue weighted by Gasteiger charge is -2.21. The Morgan fingerprint density at radius 3 is 1.29 bits per heavy atom. The van der Waals surface area contributed by atoms with Gasteiger partial charge in [-0.1, -0.05) is 58.6 Å². The van der Waals surface area contributed by atoms with E-state index in [4.69, 9.17) is 42.7 Å². The van der Waals surface area contributed by atoms with Gasteiger partial charge in [0.25, 0.3) is 0 Å². The zero-order valence-electron chi connectivity index (χ0n) is 27.8. The zero-order valence-corrected chi connectivity index (χ0v) is 29.3. The van der Waals surface area contributed by atoms with Crippen molar-refractivity contribution >= 4 is 68.5 Å². The van der Waals surface area contributed by atoms with Gasteiger partial charge in [0, 0.05) is 26.0 Å². The monoisotopic (exact) mass is 730 g/mol. The summed E-state index contributed by atoms with van der Waals surface area (Å²) in [6.45, 7) is 6.50. The van der Waals surface area contributed by atoms with Gasteiger partial charge in [0.1, 0.15) is 32.1 Å². The molecule has 2 aromatic heterocycles. The number of hydrogen-bond acceptors (Lipinski definition) is 8. The van der Waals surface area contributed by atoms with E-state index >= 15 is 0 Å². The second-order valence-electron chi connectivity index (χ2n) is 12.6. The molecule has 4 heterocycles. The van der Waals surface area contributed by atoms with E-state index in [1.54, 1.807) is 48.5 Å². The molecular weight excluding hydrogens is 707 g/mol. The molecule has 0 radical (unpaired) electrons. The van der Waals surface area contributed by atoms with Crippen molar-refractivity contribution in [2.75, 3.05) is 0 Å². The molecule has 0 unspecified atom stereocenters. The van der Waals surface area contributed by atoms with E-state index in [1.807, 2.05) is 38.1 Å². The Hall–Kier alpha value is -6.24. The van der Waals surface area contributed by atoms with Crippen LogP contribution in [0.2, 0.25) is 10.0 Å². The highest BCUT2D eigenvalue weighted by Crippen LogP contribution is 2.45. The first-order valence-electron chi connectivity index (χ1n) is 16.0. The molecule has 2 aliphatic heterocycles. The number of ether oxygens (including phenoxy) is 2. The van der Waals surface area contributed by atoms with E-state index in [1.165, 1.54) is 23.0 Å². The van der Waals surface area contributed by atoms with Crippen molar-refractivity contribution in [1.82, 2.24) is 18.3 Å². The molecule has 0 aliphatic carbocycles. The van der Waals surface area contributed by atoms with E-state index in [0.29, 0.717) is 44.8 Å². The number of aromatic nitrogens is 4. The molecule has 0 atom stereocenters. The number of rotatable bonds is 2. The normalized spacial score (nSPS) is 12.6. The summed E-state index contributed by atoms with van der Waals surface area (Å²) in [5.41, 5.74) is 4.16. The predicted octanol–water partition coefficient (Wildman–Crippen LogP) is 7.26. The van der Waals surface area contributed by atoms with Crippen LogP contribution in [0, 0.1) is 13.8 Å². The smallest absolute Gasteiger partial charge is 0.340 e. The van der Waals surface area contributed by atoms with Crippen molar-refractivity contribution in [2.45, 2.75) is 27.7 Å². The lowest BCUT2D eigenvalue weighted by atomic mass is 10.1. The number of nitrogens with zero attached hydrogens (tertiary/aromatic N) is 6. The van der Waals surface area contributed by atoms with Crippen LogP contribution < -0.4 is 31.6 Å². The summed E-state index contributed by atoms with van der Waals surface area (Å²) in [6, 6.07) is 21.1. The summed E-state index contributed by atoms with van der Waals surface area (Å²) in [5.74, 6) is -0.196. The third-order valence-corrected chi connectivity index (χ3v) is 9.89. The molecule has 256 valence electrons. The summed E-state index contributed by atoms with van der Waals surface area (Å²) in [5, 5.41) is 0.415. The van der Waals surface area contributed by atoms with Gasteiger partial charge in [0.2, 0.25) is 11.8 Å². The van der Waals surface area contributed by atoms with Crippen LogP contribution in [0.5, 0.6) is 23.0 Å². The van der Waals surface area contributed by atoms with E-state index in [2.05, 4.69) is 0 Å². The Bertz CT molecular complexity index is 2840. The van der Waals surface area contributed by atoms with Crippen molar-refractivity contribution in [1.29, 1.82) is 0 Å². The lowest BCUT2D eigenvalue weighted by molar-refractivity contribution is 0.0928. The molecule has 9 rings (SSSR count). The molecule has 12 nitrogen and oxygen atoms in total. The molecule has 0 amide bonds. The topological polar surface area (TPSA) is 131 Å². The van der Waals surface area contributed by atoms with Gasteiger partial charge in [0.05, 0.1) is 33.4 Å². The number of benzene rings is 5. The maximum Gasteiger partial charge on any atom is 0.340 e. The van der Waals surface area contributed by atoms with Gasteiger partial charge in [-0.3, -0.25) is 18.7 Å². The Morgan fingerprint density at radius 2 is 0.942 bits per heavy atom. The highest BCUT2D eigenvalue weighted by molar-refractivity contribution is 6.35. The van der Waals surface area contributed by atoms with Crippen LogP contribution in [0.25, 0.3) is 33.4 Å². The van der Waals surface area contributed by atoms with Crippen molar-refractivity contribution < 1.29 is 19.1 Å². The number of aryl methyl sites for hydroxylation is 2. The third-order valence-electron chi connectivity index (χ3n) is 9.19. The first-order chi connectivity index (χ1) is 24.9. The minimum atomic E-state index is -0.541. The average Bonchev–Trinajstić information content (AvgIpc) is 3.56. The number of carbonyl (C=O) groups is 2. The fourth-order valence-electron chi connectivity index (χ4n) is 6.72. The Balaban J connectivity index is 1.24. The highest BCUT2D eigenvalue weighted by Gasteiger charge is 2.30. The fourth-order valence-corrected chi connectivity index (χ4v) is 7.24. The fraction of sp³-hybridized carbons (Fsp3) is 0.105. The van der Waals surface area contributed by atoms with Gasteiger partial charge in [0.15, 0.2) is 23.0 Å². The van der Waals surface area contributed by atoms with Gasteiger partial charge in [-0.05, 0) is 50.2 Å². The summed E-state index contributed by atoms with van der Waals surface area (Å²) in [6.07, 6.45) is 0. The SMILES string of the molecule is CC(=O)n1c(=O)n(-c2ccc(C)cc2)c2cc3c(cc21)N=c1c(Cl)c2c(c(Cl)c1O3)=Nc1cc3c(cc1O2)n(-c1ccc(C)cc1)c(=O)n3C(C)=O. The third kappa shape index (κ3) is 4.47. The molecule has 0 spiro atoms. The van der Waals surface area contributed by atoms with Crippen molar-refractivity contribution in [3.05, 3.63) is 126 Å². The number of hydrogen-bond donors (Lipinski definition) is 0. The average molecular weight is 732 g/mol. The van der Waals surface area contributed by atoms with Crippen LogP contribution in [0.4, 0.5) is 11.4 Å². The molecule has 5 aromatic carbocycles. The van der Waals surface area contributed by atoms with Gasteiger partial charge < -0.3 is 9.47 Å². The lowest BCUT2D eigenvalue weighted by Crippen LogP contribution is -2.26. The summed E-state index contributed by atoms with van der Waals surface area (Å²) in [7, 11) is 0. The number of fused-ring (bicyclic) bond motifs is 6. The molecule has 0 N–H and O–H groups in total. The molecule has 0 fully saturated rings. The zero-order chi connectivity index (χ0) is 36.3. The minimum Gasteiger partial charge on any atom is -0.451 e.